The van der Waals surface area contributed by atoms with E-state index < -0.39 is 0 Å². The second-order valence-corrected chi connectivity index (χ2v) is 2.35. The molecule has 2 rings (SSSR count). The van der Waals surface area contributed by atoms with Crippen molar-refractivity contribution in [2.75, 3.05) is 0 Å². The Kier molecular flexibility index (Phi) is 12.7. The summed E-state index contributed by atoms with van der Waals surface area (Å²) in [6, 6.07) is 16.7. The van der Waals surface area contributed by atoms with Gasteiger partial charge < -0.3 is 6.15 Å². The zero-order valence-corrected chi connectivity index (χ0v) is 11.1. The first-order valence-electron chi connectivity index (χ1n) is 3.40. The van der Waals surface area contributed by atoms with Crippen LogP contribution in [0.1, 0.15) is 0 Å². The molecule has 0 spiro atoms. The Labute approximate surface area is 108 Å². The number of fused-ring (bicyclic) bond motifs is 1. The predicted octanol–water partition coefficient (Wildman–Crippen LogP) is 3.78. The van der Waals surface area contributed by atoms with Gasteiger partial charge in [-0.15, -0.1) is 34.0 Å². The number of hydrogen-bond donors (Lipinski definition) is 1. The van der Waals surface area contributed by atoms with Crippen molar-refractivity contribution in [1.82, 2.24) is 6.15 Å². The molecule has 0 aromatic heterocycles. The third kappa shape index (κ3) is 4.27. The maximum absolute atomic E-state index is 2.12. The lowest BCUT2D eigenvalue weighted by molar-refractivity contribution is 1.75. The number of benzene rings is 2. The summed E-state index contributed by atoms with van der Waals surface area (Å²) in [6.45, 7) is 0. The summed E-state index contributed by atoms with van der Waals surface area (Å²) in [7, 11) is 0. The van der Waals surface area contributed by atoms with Crippen molar-refractivity contribution in [3.05, 3.63) is 48.5 Å². The first kappa shape index (κ1) is 19.3. The zero-order chi connectivity index (χ0) is 6.81. The van der Waals surface area contributed by atoms with Crippen LogP contribution in [0.15, 0.2) is 48.5 Å². The number of hydrogen-bond acceptors (Lipinski definition) is 1. The highest BCUT2D eigenvalue weighted by molar-refractivity contribution is 8.93. The van der Waals surface area contributed by atoms with E-state index in [2.05, 4.69) is 48.5 Å². The highest BCUT2D eigenvalue weighted by atomic mass is 79.9. The van der Waals surface area contributed by atoms with Gasteiger partial charge in [0.15, 0.2) is 0 Å². The summed E-state index contributed by atoms with van der Waals surface area (Å²) in [5.41, 5.74) is 0. The van der Waals surface area contributed by atoms with Gasteiger partial charge in [-0.2, -0.15) is 0 Å². The van der Waals surface area contributed by atoms with E-state index in [0.717, 1.165) is 0 Å². The van der Waals surface area contributed by atoms with Gasteiger partial charge in [0.25, 0.3) is 0 Å². The molecule has 14 heavy (non-hydrogen) atoms. The summed E-state index contributed by atoms with van der Waals surface area (Å²) in [4.78, 5) is 0. The molecule has 0 aliphatic rings. The molecular weight excluding hydrogens is 305 g/mol. The normalized spacial score (nSPS) is 7.14. The molecule has 3 radical (unpaired) electrons. The summed E-state index contributed by atoms with van der Waals surface area (Å²) in [5, 5.41) is 2.62. The Bertz CT molecular complexity index is 289. The molecule has 2 aromatic rings. The third-order valence-corrected chi connectivity index (χ3v) is 1.66. The minimum Gasteiger partial charge on any atom is -0.344 e. The number of rotatable bonds is 0. The lowest BCUT2D eigenvalue weighted by Crippen LogP contribution is -1.67. The molecule has 0 bridgehead atoms. The van der Waals surface area contributed by atoms with Crippen LogP contribution < -0.4 is 6.15 Å². The molecule has 3 N–H and O–H groups in total. The van der Waals surface area contributed by atoms with Crippen LogP contribution in [0.4, 0.5) is 0 Å². The molecule has 75 valence electrons. The fraction of sp³-hybridized carbons (Fsp3) is 0. The highest BCUT2D eigenvalue weighted by Crippen LogP contribution is 2.11. The van der Waals surface area contributed by atoms with Gasteiger partial charge in [-0.25, -0.2) is 0 Å². The Balaban J connectivity index is -0.000000302. The second kappa shape index (κ2) is 9.25. The van der Waals surface area contributed by atoms with Gasteiger partial charge in [-0.05, 0) is 10.8 Å². The van der Waals surface area contributed by atoms with Gasteiger partial charge in [-0.1, -0.05) is 48.5 Å². The van der Waals surface area contributed by atoms with E-state index in [-0.39, 0.29) is 48.5 Å². The van der Waals surface area contributed by atoms with Gasteiger partial charge >= 0.3 is 0 Å². The van der Waals surface area contributed by atoms with E-state index in [0.29, 0.717) is 0 Å². The Hall–Kier alpha value is -0.315. The van der Waals surface area contributed by atoms with Crippen molar-refractivity contribution in [3.8, 4) is 0 Å². The van der Waals surface area contributed by atoms with E-state index in [9.17, 15) is 0 Å². The largest absolute Gasteiger partial charge is 0.344 e. The highest BCUT2D eigenvalue weighted by Gasteiger charge is 1.85. The summed E-state index contributed by atoms with van der Waals surface area (Å²) < 4.78 is 0. The summed E-state index contributed by atoms with van der Waals surface area (Å²) >= 11 is 0. The molecule has 0 atom stereocenters. The van der Waals surface area contributed by atoms with Crippen LogP contribution in [0, 0.1) is 0 Å². The lowest BCUT2D eigenvalue weighted by Gasteiger charge is -1.92. The molecule has 0 fully saturated rings. The van der Waals surface area contributed by atoms with E-state index in [1.54, 1.807) is 0 Å². The minimum atomic E-state index is 0. The van der Waals surface area contributed by atoms with Crippen LogP contribution in [0.5, 0.6) is 0 Å². The average Bonchev–Trinajstić information content (AvgIpc) is 2.05. The zero-order valence-electron chi connectivity index (χ0n) is 7.72. The number of halogens is 2. The molecule has 0 saturated carbocycles. The van der Waals surface area contributed by atoms with Crippen LogP contribution in [0.3, 0.4) is 0 Å². The average molecular weight is 318 g/mol. The molecule has 0 aliphatic heterocycles. The van der Waals surface area contributed by atoms with Crippen LogP contribution in [0.25, 0.3) is 10.8 Å². The maximum Gasteiger partial charge on any atom is 0 e. The Morgan fingerprint density at radius 3 is 1.00 bits per heavy atom. The van der Waals surface area contributed by atoms with Gasteiger partial charge in [0.1, 0.15) is 0 Å². The van der Waals surface area contributed by atoms with Gasteiger partial charge in [0, 0.05) is 8.41 Å². The summed E-state index contributed by atoms with van der Waals surface area (Å²) in [5.74, 6) is 0. The monoisotopic (exact) mass is 316 g/mol. The van der Waals surface area contributed by atoms with Gasteiger partial charge in [-0.3, -0.25) is 0 Å². The molecule has 0 saturated heterocycles. The van der Waals surface area contributed by atoms with Crippen molar-refractivity contribution in [2.24, 2.45) is 0 Å². The standard InChI is InChI=1S/C10H8.B.2BrH.H3N/c1-2-6-10-8-4-3-7-9(10)5-1;;;;/h1-8H;;2*1H;1H3. The fourth-order valence-corrected chi connectivity index (χ4v) is 1.13. The first-order valence-corrected chi connectivity index (χ1v) is 3.40. The van der Waals surface area contributed by atoms with Crippen LogP contribution in [-0.4, -0.2) is 8.41 Å². The van der Waals surface area contributed by atoms with E-state index >= 15 is 0 Å². The van der Waals surface area contributed by atoms with Crippen LogP contribution in [-0.2, 0) is 0 Å². The molecule has 2 aromatic carbocycles. The molecule has 0 aliphatic carbocycles. The van der Waals surface area contributed by atoms with Gasteiger partial charge in [0.2, 0.25) is 0 Å². The van der Waals surface area contributed by atoms with Crippen molar-refractivity contribution in [1.29, 1.82) is 0 Å². The Morgan fingerprint density at radius 1 is 0.571 bits per heavy atom. The molecular formula is C10H13BBr2N. The first-order chi connectivity index (χ1) is 4.97. The fourth-order valence-electron chi connectivity index (χ4n) is 1.13. The maximum atomic E-state index is 2.12. The molecule has 4 heteroatoms. The smallest absolute Gasteiger partial charge is 0 e. The molecule has 1 nitrogen and oxygen atoms in total. The predicted molar refractivity (Wildman–Crippen MR) is 75.4 cm³/mol. The molecule has 0 amide bonds. The van der Waals surface area contributed by atoms with Crippen LogP contribution >= 0.6 is 34.0 Å². The lowest BCUT2D eigenvalue weighted by atomic mass is 10.1. The van der Waals surface area contributed by atoms with Crippen molar-refractivity contribution in [2.45, 2.75) is 0 Å². The van der Waals surface area contributed by atoms with E-state index in [4.69, 9.17) is 0 Å². The minimum absolute atomic E-state index is 0. The third-order valence-electron chi connectivity index (χ3n) is 1.66. The quantitative estimate of drug-likeness (QED) is 0.737. The second-order valence-electron chi connectivity index (χ2n) is 2.35. The molecule has 0 unspecified atom stereocenters. The molecule has 0 heterocycles. The van der Waals surface area contributed by atoms with E-state index in [1.165, 1.54) is 10.8 Å². The van der Waals surface area contributed by atoms with E-state index in [1.807, 2.05) is 0 Å². The van der Waals surface area contributed by atoms with Crippen molar-refractivity contribution >= 4 is 53.1 Å². The Morgan fingerprint density at radius 2 is 0.786 bits per heavy atom. The van der Waals surface area contributed by atoms with Crippen molar-refractivity contribution in [3.63, 3.8) is 0 Å². The summed E-state index contributed by atoms with van der Waals surface area (Å²) in [6.07, 6.45) is 0. The van der Waals surface area contributed by atoms with Crippen LogP contribution in [0.2, 0.25) is 0 Å². The SMILES string of the molecule is Br.Br.N.[B].c1ccc2ccccc2c1. The topological polar surface area (TPSA) is 35.0 Å². The van der Waals surface area contributed by atoms with Crippen molar-refractivity contribution < 1.29 is 0 Å². The van der Waals surface area contributed by atoms with Gasteiger partial charge in [0.05, 0.1) is 0 Å².